The van der Waals surface area contributed by atoms with Crippen LogP contribution in [0.15, 0.2) is 71.3 Å². The molecule has 0 spiro atoms. The van der Waals surface area contributed by atoms with Crippen molar-refractivity contribution in [2.75, 3.05) is 5.32 Å². The molecule has 0 radical (unpaired) electrons. The monoisotopic (exact) mass is 409 g/mol. The molecule has 0 aliphatic rings. The Labute approximate surface area is 171 Å². The Morgan fingerprint density at radius 1 is 1.10 bits per heavy atom. The zero-order valence-corrected chi connectivity index (χ0v) is 16.0. The minimum absolute atomic E-state index is 0.00808. The lowest BCUT2D eigenvalue weighted by atomic mass is 10.2. The van der Waals surface area contributed by atoms with Gasteiger partial charge in [0.1, 0.15) is 5.76 Å². The van der Waals surface area contributed by atoms with Crippen LogP contribution in [0.5, 0.6) is 5.75 Å². The van der Waals surface area contributed by atoms with E-state index in [1.54, 1.807) is 42.5 Å². The second-order valence-corrected chi connectivity index (χ2v) is 6.31. The van der Waals surface area contributed by atoms with Crippen molar-refractivity contribution < 1.29 is 23.7 Å². The van der Waals surface area contributed by atoms with Gasteiger partial charge in [-0.2, -0.15) is 0 Å². The van der Waals surface area contributed by atoms with Gasteiger partial charge in [0, 0.05) is 17.3 Å². The number of para-hydroxylation sites is 2. The van der Waals surface area contributed by atoms with Crippen LogP contribution in [0.3, 0.4) is 0 Å². The van der Waals surface area contributed by atoms with E-state index in [4.69, 9.17) is 9.15 Å². The van der Waals surface area contributed by atoms with E-state index in [9.17, 15) is 19.7 Å². The largest absolute Gasteiger partial charge is 0.474 e. The number of nitrogens with zero attached hydrogens (tertiary/aromatic N) is 1. The number of furan rings is 1. The quantitative estimate of drug-likeness (QED) is 0.433. The molecular formula is C21H19N3O6. The first kappa shape index (κ1) is 20.6. The number of benzene rings is 2. The molecule has 3 aromatic rings. The molecule has 9 heteroatoms. The Bertz CT molecular complexity index is 1030. The molecule has 0 aliphatic carbocycles. The van der Waals surface area contributed by atoms with Crippen LogP contribution in [-0.4, -0.2) is 22.8 Å². The molecule has 9 nitrogen and oxygen atoms in total. The van der Waals surface area contributed by atoms with Crippen LogP contribution in [0.2, 0.25) is 0 Å². The number of anilines is 1. The summed E-state index contributed by atoms with van der Waals surface area (Å²) in [4.78, 5) is 35.0. The molecule has 0 bridgehead atoms. The number of carbonyl (C=O) groups is 2. The summed E-state index contributed by atoms with van der Waals surface area (Å²) in [6.07, 6.45) is 0.557. The average Bonchev–Trinajstić information content (AvgIpc) is 3.26. The van der Waals surface area contributed by atoms with Crippen LogP contribution in [0.4, 0.5) is 11.4 Å². The molecule has 1 aromatic heterocycles. The molecule has 0 fully saturated rings. The highest BCUT2D eigenvalue weighted by molar-refractivity contribution is 5.96. The molecule has 2 amide bonds. The highest BCUT2D eigenvalue weighted by Gasteiger charge is 2.20. The van der Waals surface area contributed by atoms with E-state index < -0.39 is 16.9 Å². The lowest BCUT2D eigenvalue weighted by molar-refractivity contribution is -0.386. The van der Waals surface area contributed by atoms with E-state index in [1.165, 1.54) is 31.4 Å². The van der Waals surface area contributed by atoms with Gasteiger partial charge in [-0.15, -0.1) is 0 Å². The van der Waals surface area contributed by atoms with Crippen molar-refractivity contribution in [2.24, 2.45) is 0 Å². The summed E-state index contributed by atoms with van der Waals surface area (Å²) in [6, 6.07) is 15.6. The average molecular weight is 409 g/mol. The van der Waals surface area contributed by atoms with Gasteiger partial charge in [-0.25, -0.2) is 0 Å². The fourth-order valence-corrected chi connectivity index (χ4v) is 2.58. The number of nitrogens with one attached hydrogen (secondary N) is 2. The molecule has 0 aliphatic heterocycles. The maximum Gasteiger partial charge on any atom is 0.310 e. The first-order valence-corrected chi connectivity index (χ1v) is 9.05. The van der Waals surface area contributed by atoms with Crippen LogP contribution in [0.1, 0.15) is 23.0 Å². The van der Waals surface area contributed by atoms with Gasteiger partial charge in [0.25, 0.3) is 11.8 Å². The number of nitro groups is 1. The molecule has 1 atom stereocenters. The Hall–Kier alpha value is -4.14. The third-order valence-corrected chi connectivity index (χ3v) is 4.15. The van der Waals surface area contributed by atoms with E-state index in [0.29, 0.717) is 17.0 Å². The minimum Gasteiger partial charge on any atom is -0.474 e. The SMILES string of the molecule is CC(Oc1ccccc1[N+](=O)[O-])C(=O)Nc1ccc(C(=O)NCc2ccco2)cc1. The van der Waals surface area contributed by atoms with Crippen LogP contribution < -0.4 is 15.4 Å². The van der Waals surface area contributed by atoms with Gasteiger partial charge >= 0.3 is 5.69 Å². The Kier molecular flexibility index (Phi) is 6.43. The summed E-state index contributed by atoms with van der Waals surface area (Å²) in [6.45, 7) is 1.76. The van der Waals surface area contributed by atoms with Crippen molar-refractivity contribution in [3.8, 4) is 5.75 Å². The number of rotatable bonds is 8. The zero-order chi connectivity index (χ0) is 21.5. The van der Waals surface area contributed by atoms with Crippen LogP contribution in [0.25, 0.3) is 0 Å². The molecule has 30 heavy (non-hydrogen) atoms. The maximum absolute atomic E-state index is 12.4. The summed E-state index contributed by atoms with van der Waals surface area (Å²) in [5, 5.41) is 16.4. The molecule has 3 rings (SSSR count). The molecule has 1 unspecified atom stereocenters. The summed E-state index contributed by atoms with van der Waals surface area (Å²) >= 11 is 0. The van der Waals surface area contributed by atoms with Gasteiger partial charge in [-0.3, -0.25) is 19.7 Å². The topological polar surface area (TPSA) is 124 Å². The van der Waals surface area contributed by atoms with Crippen molar-refractivity contribution >= 4 is 23.2 Å². The van der Waals surface area contributed by atoms with Crippen LogP contribution in [0, 0.1) is 10.1 Å². The second-order valence-electron chi connectivity index (χ2n) is 6.31. The summed E-state index contributed by atoms with van der Waals surface area (Å²) in [7, 11) is 0. The Morgan fingerprint density at radius 2 is 1.83 bits per heavy atom. The van der Waals surface area contributed by atoms with Crippen LogP contribution >= 0.6 is 0 Å². The number of amides is 2. The van der Waals surface area contributed by atoms with E-state index in [1.807, 2.05) is 0 Å². The second kappa shape index (κ2) is 9.37. The number of ether oxygens (including phenoxy) is 1. The predicted octanol–water partition coefficient (Wildman–Crippen LogP) is 3.52. The van der Waals surface area contributed by atoms with Gasteiger partial charge in [-0.1, -0.05) is 12.1 Å². The van der Waals surface area contributed by atoms with Crippen LogP contribution in [-0.2, 0) is 11.3 Å². The van der Waals surface area contributed by atoms with Gasteiger partial charge in [-0.05, 0) is 49.4 Å². The summed E-state index contributed by atoms with van der Waals surface area (Å²) in [5.74, 6) is -0.117. The molecule has 2 N–H and O–H groups in total. The third-order valence-electron chi connectivity index (χ3n) is 4.15. The van der Waals surface area contributed by atoms with Gasteiger partial charge < -0.3 is 19.8 Å². The lowest BCUT2D eigenvalue weighted by Gasteiger charge is -2.15. The van der Waals surface area contributed by atoms with E-state index >= 15 is 0 Å². The fraction of sp³-hybridized carbons (Fsp3) is 0.143. The molecule has 0 saturated carbocycles. The van der Waals surface area contributed by atoms with E-state index in [2.05, 4.69) is 10.6 Å². The molecule has 154 valence electrons. The van der Waals surface area contributed by atoms with E-state index in [0.717, 1.165) is 0 Å². The lowest BCUT2D eigenvalue weighted by Crippen LogP contribution is -2.30. The molecule has 2 aromatic carbocycles. The predicted molar refractivity (Wildman–Crippen MR) is 108 cm³/mol. The normalized spacial score (nSPS) is 11.4. The highest BCUT2D eigenvalue weighted by atomic mass is 16.6. The first-order valence-electron chi connectivity index (χ1n) is 9.05. The molecular weight excluding hydrogens is 390 g/mol. The fourth-order valence-electron chi connectivity index (χ4n) is 2.58. The molecule has 1 heterocycles. The summed E-state index contributed by atoms with van der Waals surface area (Å²) < 4.78 is 10.6. The van der Waals surface area contributed by atoms with E-state index in [-0.39, 0.29) is 23.9 Å². The van der Waals surface area contributed by atoms with Crippen molar-refractivity contribution in [1.82, 2.24) is 5.32 Å². The number of hydrogen-bond acceptors (Lipinski definition) is 6. The minimum atomic E-state index is -0.970. The standard InChI is InChI=1S/C21H19N3O6/c1-14(30-19-7-3-2-6-18(19)24(27)28)20(25)23-16-10-8-15(9-11-16)21(26)22-13-17-5-4-12-29-17/h2-12,14H,13H2,1H3,(H,22,26)(H,23,25). The number of carbonyl (C=O) groups excluding carboxylic acids is 2. The van der Waals surface area contributed by atoms with Gasteiger partial charge in [0.15, 0.2) is 11.9 Å². The smallest absolute Gasteiger partial charge is 0.310 e. The van der Waals surface area contributed by atoms with Gasteiger partial charge in [0.05, 0.1) is 17.7 Å². The number of hydrogen-bond donors (Lipinski definition) is 2. The Balaban J connectivity index is 1.56. The van der Waals surface area contributed by atoms with Crippen molar-refractivity contribution in [2.45, 2.75) is 19.6 Å². The van der Waals surface area contributed by atoms with Crippen molar-refractivity contribution in [3.63, 3.8) is 0 Å². The Morgan fingerprint density at radius 3 is 2.50 bits per heavy atom. The number of nitro benzene ring substituents is 1. The molecule has 0 saturated heterocycles. The summed E-state index contributed by atoms with van der Waals surface area (Å²) in [5.41, 5.74) is 0.659. The maximum atomic E-state index is 12.4. The highest BCUT2D eigenvalue weighted by Crippen LogP contribution is 2.27. The zero-order valence-electron chi connectivity index (χ0n) is 16.0. The first-order chi connectivity index (χ1) is 14.4. The van der Waals surface area contributed by atoms with Gasteiger partial charge in [0.2, 0.25) is 0 Å². The van der Waals surface area contributed by atoms with Crippen molar-refractivity contribution in [3.05, 3.63) is 88.4 Å². The third kappa shape index (κ3) is 5.22. The van der Waals surface area contributed by atoms with Crippen molar-refractivity contribution in [1.29, 1.82) is 0 Å².